The smallest absolute Gasteiger partial charge is 0.231 e. The molecule has 2 heterocycles. The highest BCUT2D eigenvalue weighted by atomic mass is 16.2. The zero-order valence-electron chi connectivity index (χ0n) is 7.27. The van der Waals surface area contributed by atoms with Gasteiger partial charge in [-0.1, -0.05) is 6.08 Å². The first-order valence-corrected chi connectivity index (χ1v) is 4.03. The van der Waals surface area contributed by atoms with Crippen molar-refractivity contribution in [1.29, 1.82) is 0 Å². The molecule has 0 aliphatic carbocycles. The molecule has 0 bridgehead atoms. The van der Waals surface area contributed by atoms with Crippen LogP contribution in [0.5, 0.6) is 0 Å². The largest absolute Gasteiger partial charge is 0.298 e. The van der Waals surface area contributed by atoms with Crippen LogP contribution in [0.1, 0.15) is 12.1 Å². The zero-order valence-corrected chi connectivity index (χ0v) is 7.27. The van der Waals surface area contributed by atoms with Gasteiger partial charge in [-0.3, -0.25) is 14.7 Å². The van der Waals surface area contributed by atoms with Gasteiger partial charge in [-0.15, -0.1) is 0 Å². The van der Waals surface area contributed by atoms with Gasteiger partial charge in [0.1, 0.15) is 5.69 Å². The standard InChI is InChI=1S/C9H9N3O/c1-12-8(13)4-2-3-7-9(12)11-6-5-10-7/h2-3,5-6H,4H2,1H3. The number of fused-ring (bicyclic) bond motifs is 1. The van der Waals surface area contributed by atoms with E-state index in [0.717, 1.165) is 5.69 Å². The molecule has 4 heteroatoms. The van der Waals surface area contributed by atoms with Gasteiger partial charge >= 0.3 is 0 Å². The van der Waals surface area contributed by atoms with Crippen molar-refractivity contribution in [3.05, 3.63) is 24.2 Å². The molecule has 0 spiro atoms. The lowest BCUT2D eigenvalue weighted by molar-refractivity contribution is -0.117. The Labute approximate surface area is 75.9 Å². The Balaban J connectivity index is 2.54. The Morgan fingerprint density at radius 3 is 3.00 bits per heavy atom. The predicted molar refractivity (Wildman–Crippen MR) is 49.1 cm³/mol. The van der Waals surface area contributed by atoms with Gasteiger partial charge in [-0.2, -0.15) is 0 Å². The van der Waals surface area contributed by atoms with Gasteiger partial charge in [0.2, 0.25) is 5.91 Å². The van der Waals surface area contributed by atoms with Gasteiger partial charge in [0, 0.05) is 25.9 Å². The SMILES string of the molecule is CN1C(=O)CC=Cc2nccnc21. The van der Waals surface area contributed by atoms with Crippen LogP contribution in [0.25, 0.3) is 6.08 Å². The maximum atomic E-state index is 11.4. The number of anilines is 1. The number of hydrogen-bond donors (Lipinski definition) is 0. The van der Waals surface area contributed by atoms with E-state index in [-0.39, 0.29) is 5.91 Å². The molecule has 0 saturated carbocycles. The minimum absolute atomic E-state index is 0.0375. The molecule has 0 fully saturated rings. The lowest BCUT2D eigenvalue weighted by atomic mass is 10.3. The van der Waals surface area contributed by atoms with Gasteiger partial charge in [-0.05, 0) is 6.08 Å². The van der Waals surface area contributed by atoms with E-state index in [2.05, 4.69) is 9.97 Å². The summed E-state index contributed by atoms with van der Waals surface area (Å²) in [5.74, 6) is 0.664. The minimum Gasteiger partial charge on any atom is -0.298 e. The summed E-state index contributed by atoms with van der Waals surface area (Å²) in [5.41, 5.74) is 0.746. The van der Waals surface area contributed by atoms with E-state index in [1.807, 2.05) is 6.08 Å². The summed E-state index contributed by atoms with van der Waals surface area (Å²) in [4.78, 5) is 21.1. The van der Waals surface area contributed by atoms with Crippen LogP contribution < -0.4 is 4.90 Å². The van der Waals surface area contributed by atoms with Crippen LogP contribution in [0.15, 0.2) is 18.5 Å². The van der Waals surface area contributed by atoms with E-state index < -0.39 is 0 Å². The molecule has 0 unspecified atom stereocenters. The van der Waals surface area contributed by atoms with Crippen molar-refractivity contribution in [2.24, 2.45) is 0 Å². The fourth-order valence-electron chi connectivity index (χ4n) is 1.24. The van der Waals surface area contributed by atoms with Gasteiger partial charge in [-0.25, -0.2) is 4.98 Å². The highest BCUT2D eigenvalue weighted by Gasteiger charge is 2.16. The van der Waals surface area contributed by atoms with E-state index in [9.17, 15) is 4.79 Å². The molecule has 4 nitrogen and oxygen atoms in total. The third-order valence-corrected chi connectivity index (χ3v) is 1.97. The summed E-state index contributed by atoms with van der Waals surface area (Å²) in [6.45, 7) is 0. The van der Waals surface area contributed by atoms with Crippen LogP contribution in [0, 0.1) is 0 Å². The molecule has 66 valence electrons. The molecule has 0 aromatic carbocycles. The highest BCUT2D eigenvalue weighted by molar-refractivity contribution is 5.96. The first-order chi connectivity index (χ1) is 6.29. The molecule has 1 aromatic rings. The van der Waals surface area contributed by atoms with Crippen LogP contribution in [0.4, 0.5) is 5.82 Å². The number of rotatable bonds is 0. The van der Waals surface area contributed by atoms with Gasteiger partial charge < -0.3 is 0 Å². The van der Waals surface area contributed by atoms with Crippen LogP contribution >= 0.6 is 0 Å². The van der Waals surface area contributed by atoms with Crippen molar-refractivity contribution in [3.63, 3.8) is 0 Å². The first-order valence-electron chi connectivity index (χ1n) is 4.03. The summed E-state index contributed by atoms with van der Waals surface area (Å²) < 4.78 is 0. The van der Waals surface area contributed by atoms with Crippen molar-refractivity contribution in [2.45, 2.75) is 6.42 Å². The van der Waals surface area contributed by atoms with E-state index >= 15 is 0 Å². The van der Waals surface area contributed by atoms with Gasteiger partial charge in [0.25, 0.3) is 0 Å². The van der Waals surface area contributed by atoms with Gasteiger partial charge in [0.15, 0.2) is 5.82 Å². The normalized spacial score (nSPS) is 15.5. The molecule has 0 N–H and O–H groups in total. The van der Waals surface area contributed by atoms with Crippen molar-refractivity contribution in [2.75, 3.05) is 11.9 Å². The summed E-state index contributed by atoms with van der Waals surface area (Å²) in [6, 6.07) is 0. The lowest BCUT2D eigenvalue weighted by Crippen LogP contribution is -2.26. The molecule has 0 radical (unpaired) electrons. The molecule has 1 aliphatic heterocycles. The van der Waals surface area contributed by atoms with E-state index in [1.54, 1.807) is 25.5 Å². The number of carbonyl (C=O) groups excluding carboxylic acids is 1. The Morgan fingerprint density at radius 1 is 1.38 bits per heavy atom. The molecular weight excluding hydrogens is 166 g/mol. The van der Waals surface area contributed by atoms with Crippen LogP contribution in [-0.4, -0.2) is 22.9 Å². The summed E-state index contributed by atoms with van der Waals surface area (Å²) in [5, 5.41) is 0. The molecule has 1 amide bonds. The summed E-state index contributed by atoms with van der Waals surface area (Å²) >= 11 is 0. The number of carbonyl (C=O) groups is 1. The van der Waals surface area contributed by atoms with Crippen molar-refractivity contribution in [1.82, 2.24) is 9.97 Å². The third kappa shape index (κ3) is 1.30. The average Bonchev–Trinajstić information content (AvgIpc) is 2.29. The average molecular weight is 175 g/mol. The van der Waals surface area contributed by atoms with Gasteiger partial charge in [0.05, 0.1) is 0 Å². The van der Waals surface area contributed by atoms with Crippen molar-refractivity contribution >= 4 is 17.8 Å². The predicted octanol–water partition coefficient (Wildman–Crippen LogP) is 0.856. The summed E-state index contributed by atoms with van der Waals surface area (Å²) in [6.07, 6.45) is 7.24. The molecular formula is C9H9N3O. The monoisotopic (exact) mass is 175 g/mol. The van der Waals surface area contributed by atoms with E-state index in [4.69, 9.17) is 0 Å². The lowest BCUT2D eigenvalue weighted by Gasteiger charge is -2.14. The topological polar surface area (TPSA) is 46.1 Å². The Hall–Kier alpha value is -1.71. The maximum Gasteiger partial charge on any atom is 0.231 e. The second-order valence-corrected chi connectivity index (χ2v) is 2.82. The molecule has 0 saturated heterocycles. The Morgan fingerprint density at radius 2 is 2.15 bits per heavy atom. The molecule has 1 aliphatic rings. The van der Waals surface area contributed by atoms with Crippen LogP contribution in [0.3, 0.4) is 0 Å². The molecule has 2 rings (SSSR count). The molecule has 1 aromatic heterocycles. The third-order valence-electron chi connectivity index (χ3n) is 1.97. The second kappa shape index (κ2) is 2.97. The quantitative estimate of drug-likeness (QED) is 0.587. The fourth-order valence-corrected chi connectivity index (χ4v) is 1.24. The summed E-state index contributed by atoms with van der Waals surface area (Å²) in [7, 11) is 1.71. The maximum absolute atomic E-state index is 11.4. The first kappa shape index (κ1) is 7.91. The van der Waals surface area contributed by atoms with Crippen LogP contribution in [-0.2, 0) is 4.79 Å². The van der Waals surface area contributed by atoms with Crippen LogP contribution in [0.2, 0.25) is 0 Å². The zero-order chi connectivity index (χ0) is 9.26. The van der Waals surface area contributed by atoms with Crippen molar-refractivity contribution in [3.8, 4) is 0 Å². The molecule has 13 heavy (non-hydrogen) atoms. The number of nitrogens with zero attached hydrogens (tertiary/aromatic N) is 3. The van der Waals surface area contributed by atoms with Crippen molar-refractivity contribution < 1.29 is 4.79 Å². The number of aromatic nitrogens is 2. The van der Waals surface area contributed by atoms with E-state index in [1.165, 1.54) is 4.90 Å². The van der Waals surface area contributed by atoms with E-state index in [0.29, 0.717) is 12.2 Å². The highest BCUT2D eigenvalue weighted by Crippen LogP contribution is 2.18. The Kier molecular flexibility index (Phi) is 1.81. The number of hydrogen-bond acceptors (Lipinski definition) is 3. The minimum atomic E-state index is 0.0375. The second-order valence-electron chi connectivity index (χ2n) is 2.82. The fraction of sp³-hybridized carbons (Fsp3) is 0.222. The Bertz CT molecular complexity index is 373. The number of amides is 1. The molecule has 0 atom stereocenters.